The van der Waals surface area contributed by atoms with Crippen LogP contribution in [-0.4, -0.2) is 30.5 Å². The first kappa shape index (κ1) is 12.8. The molecule has 1 aliphatic carbocycles. The predicted octanol–water partition coefficient (Wildman–Crippen LogP) is 2.08. The van der Waals surface area contributed by atoms with E-state index in [9.17, 15) is 18.3 Å². The number of rotatable bonds is 4. The molecule has 0 saturated heterocycles. The topological polar surface area (TPSA) is 32.3 Å². The van der Waals surface area contributed by atoms with Crippen LogP contribution < -0.4 is 5.32 Å². The summed E-state index contributed by atoms with van der Waals surface area (Å²) in [6, 6.07) is 0. The maximum absolute atomic E-state index is 12.4. The molecule has 1 fully saturated rings. The predicted molar refractivity (Wildman–Crippen MR) is 51.5 cm³/mol. The fourth-order valence-electron chi connectivity index (χ4n) is 2.20. The molecule has 90 valence electrons. The van der Waals surface area contributed by atoms with Crippen molar-refractivity contribution in [3.63, 3.8) is 0 Å². The van der Waals surface area contributed by atoms with Crippen molar-refractivity contribution in [1.29, 1.82) is 0 Å². The van der Waals surface area contributed by atoms with Crippen LogP contribution in [0.25, 0.3) is 0 Å². The first-order valence-corrected chi connectivity index (χ1v) is 5.33. The van der Waals surface area contributed by atoms with Crippen molar-refractivity contribution in [2.24, 2.45) is 5.92 Å². The van der Waals surface area contributed by atoms with E-state index in [0.717, 1.165) is 19.4 Å². The van der Waals surface area contributed by atoms with Crippen molar-refractivity contribution in [2.45, 2.75) is 43.9 Å². The second-order valence-corrected chi connectivity index (χ2v) is 4.38. The number of alkyl halides is 3. The second kappa shape index (κ2) is 4.70. The summed E-state index contributed by atoms with van der Waals surface area (Å²) >= 11 is 0. The molecule has 0 aromatic heterocycles. The van der Waals surface area contributed by atoms with Gasteiger partial charge in [-0.2, -0.15) is 13.2 Å². The van der Waals surface area contributed by atoms with Gasteiger partial charge in [-0.3, -0.25) is 0 Å². The zero-order valence-corrected chi connectivity index (χ0v) is 8.90. The summed E-state index contributed by atoms with van der Waals surface area (Å²) in [5, 5.41) is 12.4. The van der Waals surface area contributed by atoms with Crippen LogP contribution in [-0.2, 0) is 0 Å². The third-order valence-corrected chi connectivity index (χ3v) is 3.16. The molecule has 2 N–H and O–H groups in total. The van der Waals surface area contributed by atoms with E-state index in [1.807, 2.05) is 7.05 Å². The summed E-state index contributed by atoms with van der Waals surface area (Å²) in [5.41, 5.74) is -2.42. The number of aliphatic hydroxyl groups is 1. The number of halogens is 3. The fourth-order valence-corrected chi connectivity index (χ4v) is 2.20. The molecule has 0 spiro atoms. The van der Waals surface area contributed by atoms with Gasteiger partial charge in [-0.05, 0) is 51.6 Å². The molecule has 0 aromatic rings. The van der Waals surface area contributed by atoms with E-state index in [1.165, 1.54) is 0 Å². The van der Waals surface area contributed by atoms with Gasteiger partial charge in [0, 0.05) is 0 Å². The number of hydrogen-bond donors (Lipinski definition) is 2. The second-order valence-electron chi connectivity index (χ2n) is 4.38. The molecule has 15 heavy (non-hydrogen) atoms. The summed E-state index contributed by atoms with van der Waals surface area (Å²) in [6.07, 6.45) is -2.61. The van der Waals surface area contributed by atoms with E-state index in [0.29, 0.717) is 6.42 Å². The van der Waals surface area contributed by atoms with Gasteiger partial charge in [0.15, 0.2) is 5.60 Å². The van der Waals surface area contributed by atoms with Gasteiger partial charge in [0.1, 0.15) is 0 Å². The Balaban J connectivity index is 2.38. The lowest BCUT2D eigenvalue weighted by Gasteiger charge is -2.25. The summed E-state index contributed by atoms with van der Waals surface area (Å²) in [5.74, 6) is 0.0185. The Bertz CT molecular complexity index is 207. The Morgan fingerprint density at radius 1 is 1.47 bits per heavy atom. The highest BCUT2D eigenvalue weighted by atomic mass is 19.4. The summed E-state index contributed by atoms with van der Waals surface area (Å²) in [6.45, 7) is 0.820. The maximum atomic E-state index is 12.4. The quantitative estimate of drug-likeness (QED) is 0.718. The Labute approximate surface area is 87.9 Å². The van der Waals surface area contributed by atoms with Crippen molar-refractivity contribution in [2.75, 3.05) is 13.6 Å². The van der Waals surface area contributed by atoms with E-state index in [1.54, 1.807) is 0 Å². The average molecular weight is 225 g/mol. The van der Waals surface area contributed by atoms with Gasteiger partial charge in [-0.1, -0.05) is 0 Å². The minimum Gasteiger partial charge on any atom is -0.380 e. The van der Waals surface area contributed by atoms with E-state index >= 15 is 0 Å². The summed E-state index contributed by atoms with van der Waals surface area (Å²) in [7, 11) is 1.82. The lowest BCUT2D eigenvalue weighted by molar-refractivity contribution is -0.258. The molecular weight excluding hydrogens is 207 g/mol. The molecule has 0 aliphatic heterocycles. The highest BCUT2D eigenvalue weighted by Gasteiger charge is 2.56. The molecule has 0 bridgehead atoms. The van der Waals surface area contributed by atoms with Gasteiger partial charge in [0.2, 0.25) is 0 Å². The van der Waals surface area contributed by atoms with Crippen LogP contribution in [0.1, 0.15) is 32.1 Å². The molecular formula is C10H18F3NO. The van der Waals surface area contributed by atoms with Gasteiger partial charge >= 0.3 is 6.18 Å². The van der Waals surface area contributed by atoms with Crippen LogP contribution in [0.15, 0.2) is 0 Å². The molecule has 1 saturated carbocycles. The number of nitrogens with one attached hydrogen (secondary N) is 1. The maximum Gasteiger partial charge on any atom is 0.417 e. The Kier molecular flexibility index (Phi) is 4.00. The largest absolute Gasteiger partial charge is 0.417 e. The third-order valence-electron chi connectivity index (χ3n) is 3.16. The van der Waals surface area contributed by atoms with Crippen molar-refractivity contribution in [1.82, 2.24) is 5.32 Å². The van der Waals surface area contributed by atoms with Gasteiger partial charge in [-0.15, -0.1) is 0 Å². The first-order chi connectivity index (χ1) is 6.89. The van der Waals surface area contributed by atoms with Gasteiger partial charge in [0.05, 0.1) is 0 Å². The summed E-state index contributed by atoms with van der Waals surface area (Å²) < 4.78 is 37.3. The molecule has 1 aliphatic rings. The highest BCUT2D eigenvalue weighted by molar-refractivity contribution is 4.94. The highest BCUT2D eigenvalue weighted by Crippen LogP contribution is 2.46. The average Bonchev–Trinajstić information content (AvgIpc) is 2.48. The molecule has 0 heterocycles. The molecule has 0 amide bonds. The van der Waals surface area contributed by atoms with E-state index < -0.39 is 11.8 Å². The van der Waals surface area contributed by atoms with Crippen molar-refractivity contribution in [3.8, 4) is 0 Å². The molecule has 0 radical (unpaired) electrons. The zero-order chi connectivity index (χ0) is 11.5. The van der Waals surface area contributed by atoms with Crippen LogP contribution in [0.5, 0.6) is 0 Å². The van der Waals surface area contributed by atoms with Crippen molar-refractivity contribution in [3.05, 3.63) is 0 Å². The molecule has 2 atom stereocenters. The molecule has 2 nitrogen and oxygen atoms in total. The Hall–Kier alpha value is -0.290. The Morgan fingerprint density at radius 3 is 2.60 bits per heavy atom. The minimum absolute atomic E-state index is 0.0185. The molecule has 0 aromatic carbocycles. The minimum atomic E-state index is -4.47. The Morgan fingerprint density at radius 2 is 2.13 bits per heavy atom. The van der Waals surface area contributed by atoms with E-state index in [-0.39, 0.29) is 18.8 Å². The van der Waals surface area contributed by atoms with E-state index in [2.05, 4.69) is 5.32 Å². The van der Waals surface area contributed by atoms with E-state index in [4.69, 9.17) is 0 Å². The van der Waals surface area contributed by atoms with Gasteiger partial charge in [-0.25, -0.2) is 0 Å². The van der Waals surface area contributed by atoms with Crippen LogP contribution in [0.2, 0.25) is 0 Å². The number of hydrogen-bond acceptors (Lipinski definition) is 2. The monoisotopic (exact) mass is 225 g/mol. The van der Waals surface area contributed by atoms with Gasteiger partial charge < -0.3 is 10.4 Å². The molecule has 5 heteroatoms. The standard InChI is InChI=1S/C10H18F3NO/c1-14-6-2-3-8-4-5-9(15,7-8)10(11,12)13/h8,14-15H,2-7H2,1H3. The fraction of sp³-hybridized carbons (Fsp3) is 1.00. The molecule has 1 rings (SSSR count). The normalized spacial score (nSPS) is 32.2. The van der Waals surface area contributed by atoms with Gasteiger partial charge in [0.25, 0.3) is 0 Å². The SMILES string of the molecule is CNCCCC1CCC(O)(C(F)(F)F)C1. The van der Waals surface area contributed by atoms with Crippen molar-refractivity contribution < 1.29 is 18.3 Å². The van der Waals surface area contributed by atoms with Crippen molar-refractivity contribution >= 4 is 0 Å². The first-order valence-electron chi connectivity index (χ1n) is 5.33. The zero-order valence-electron chi connectivity index (χ0n) is 8.90. The van der Waals surface area contributed by atoms with Crippen LogP contribution in [0, 0.1) is 5.92 Å². The van der Waals surface area contributed by atoms with Crippen LogP contribution in [0.3, 0.4) is 0 Å². The lowest BCUT2D eigenvalue weighted by atomic mass is 9.97. The molecule has 2 unspecified atom stereocenters. The smallest absolute Gasteiger partial charge is 0.380 e. The lowest BCUT2D eigenvalue weighted by Crippen LogP contribution is -2.42. The summed E-state index contributed by atoms with van der Waals surface area (Å²) in [4.78, 5) is 0. The van der Waals surface area contributed by atoms with Crippen LogP contribution >= 0.6 is 0 Å². The third kappa shape index (κ3) is 3.08. The van der Waals surface area contributed by atoms with Crippen LogP contribution in [0.4, 0.5) is 13.2 Å².